The van der Waals surface area contributed by atoms with Gasteiger partial charge in [-0.3, -0.25) is 9.97 Å². The van der Waals surface area contributed by atoms with Crippen LogP contribution in [0.5, 0.6) is 0 Å². The molecule has 0 aliphatic heterocycles. The molecular formula is C55H35N5O. The summed E-state index contributed by atoms with van der Waals surface area (Å²) in [5.74, 6) is 1.75. The maximum absolute atomic E-state index is 6.89. The Morgan fingerprint density at radius 2 is 0.836 bits per heavy atom. The van der Waals surface area contributed by atoms with Crippen LogP contribution >= 0.6 is 0 Å². The Balaban J connectivity index is 1.12. The molecular weight excluding hydrogens is 747 g/mol. The van der Waals surface area contributed by atoms with Gasteiger partial charge >= 0.3 is 0 Å². The summed E-state index contributed by atoms with van der Waals surface area (Å²) in [4.78, 5) is 24.6. The van der Waals surface area contributed by atoms with Gasteiger partial charge in [-0.15, -0.1) is 0 Å². The maximum Gasteiger partial charge on any atom is 0.164 e. The van der Waals surface area contributed by atoms with Crippen molar-refractivity contribution in [2.45, 2.75) is 0 Å². The van der Waals surface area contributed by atoms with Gasteiger partial charge in [0.2, 0.25) is 0 Å². The van der Waals surface area contributed by atoms with E-state index in [1.807, 2.05) is 97.3 Å². The molecule has 6 heteroatoms. The van der Waals surface area contributed by atoms with Gasteiger partial charge in [0.25, 0.3) is 0 Å². The fourth-order valence-corrected chi connectivity index (χ4v) is 8.03. The van der Waals surface area contributed by atoms with Crippen LogP contribution in [0.1, 0.15) is 0 Å². The van der Waals surface area contributed by atoms with Gasteiger partial charge in [0, 0.05) is 56.5 Å². The molecule has 11 rings (SSSR count). The second-order valence-electron chi connectivity index (χ2n) is 14.9. The molecule has 286 valence electrons. The molecule has 61 heavy (non-hydrogen) atoms. The van der Waals surface area contributed by atoms with Gasteiger partial charge in [0.05, 0.1) is 11.4 Å². The highest BCUT2D eigenvalue weighted by Gasteiger charge is 2.21. The Bertz CT molecular complexity index is 3320. The third-order valence-corrected chi connectivity index (χ3v) is 11.1. The lowest BCUT2D eigenvalue weighted by atomic mass is 9.93. The Labute approximate surface area is 352 Å². The molecule has 4 aromatic heterocycles. The van der Waals surface area contributed by atoms with Crippen molar-refractivity contribution < 1.29 is 4.42 Å². The molecule has 0 spiro atoms. The normalized spacial score (nSPS) is 11.3. The largest absolute Gasteiger partial charge is 0.455 e. The summed E-state index contributed by atoms with van der Waals surface area (Å²) in [6, 6.07) is 68.5. The van der Waals surface area contributed by atoms with Crippen molar-refractivity contribution in [3.63, 3.8) is 0 Å². The quantitative estimate of drug-likeness (QED) is 0.153. The predicted molar refractivity (Wildman–Crippen MR) is 246 cm³/mol. The van der Waals surface area contributed by atoms with Crippen LogP contribution in [0.2, 0.25) is 0 Å². The summed E-state index contributed by atoms with van der Waals surface area (Å²) in [5, 5.41) is 1.90. The summed E-state index contributed by atoms with van der Waals surface area (Å²) in [5.41, 5.74) is 14.5. The number of hydrogen-bond acceptors (Lipinski definition) is 6. The molecule has 0 aliphatic rings. The molecule has 11 aromatic rings. The van der Waals surface area contributed by atoms with Crippen molar-refractivity contribution >= 4 is 21.9 Å². The smallest absolute Gasteiger partial charge is 0.164 e. The Morgan fingerprint density at radius 3 is 1.49 bits per heavy atom. The number of hydrogen-bond donors (Lipinski definition) is 0. The van der Waals surface area contributed by atoms with Crippen LogP contribution in [0.25, 0.3) is 112 Å². The van der Waals surface area contributed by atoms with Crippen LogP contribution < -0.4 is 0 Å². The molecule has 7 aromatic carbocycles. The van der Waals surface area contributed by atoms with Gasteiger partial charge in [-0.2, -0.15) is 0 Å². The molecule has 0 bridgehead atoms. The lowest BCUT2D eigenvalue weighted by Gasteiger charge is -2.11. The van der Waals surface area contributed by atoms with E-state index in [2.05, 4.69) is 125 Å². The van der Waals surface area contributed by atoms with E-state index in [1.54, 1.807) is 0 Å². The zero-order valence-electron chi connectivity index (χ0n) is 32.9. The highest BCUT2D eigenvalue weighted by atomic mass is 16.3. The van der Waals surface area contributed by atoms with Crippen molar-refractivity contribution in [1.29, 1.82) is 0 Å². The van der Waals surface area contributed by atoms with Gasteiger partial charge in [0.15, 0.2) is 17.5 Å². The van der Waals surface area contributed by atoms with E-state index >= 15 is 0 Å². The fourth-order valence-electron chi connectivity index (χ4n) is 8.03. The Morgan fingerprint density at radius 1 is 0.311 bits per heavy atom. The molecule has 0 N–H and O–H groups in total. The van der Waals surface area contributed by atoms with E-state index in [9.17, 15) is 0 Å². The summed E-state index contributed by atoms with van der Waals surface area (Å²) in [6.07, 6.45) is 3.64. The van der Waals surface area contributed by atoms with Crippen molar-refractivity contribution in [1.82, 2.24) is 24.9 Å². The molecule has 0 amide bonds. The standard InChI is InChI=1S/C55H35N5O/c1-3-13-36(14-4-1)42-17-11-18-43(33-42)54-58-53(41-15-5-2-6-16-41)59-55(60-54)45-19-12-22-50-51(45)47-35-44(37-23-27-39(28-24-37)48-20-7-9-31-56-48)34-46(52(47)61-50)38-25-29-40(30-26-38)49-21-8-10-32-57-49/h1-35H. The first-order valence-electron chi connectivity index (χ1n) is 20.2. The molecule has 0 fully saturated rings. The van der Waals surface area contributed by atoms with E-state index in [4.69, 9.17) is 19.4 Å². The highest BCUT2D eigenvalue weighted by molar-refractivity contribution is 6.16. The van der Waals surface area contributed by atoms with Crippen LogP contribution in [0, 0.1) is 0 Å². The Hall–Kier alpha value is -8.35. The number of benzene rings is 7. The van der Waals surface area contributed by atoms with Crippen molar-refractivity contribution in [3.8, 4) is 90.1 Å². The van der Waals surface area contributed by atoms with Gasteiger partial charge in [-0.1, -0.05) is 152 Å². The van der Waals surface area contributed by atoms with Crippen LogP contribution in [0.4, 0.5) is 0 Å². The molecule has 4 heterocycles. The molecule has 0 radical (unpaired) electrons. The third kappa shape index (κ3) is 6.92. The molecule has 0 saturated carbocycles. The first-order valence-corrected chi connectivity index (χ1v) is 20.2. The number of furan rings is 1. The minimum atomic E-state index is 0.564. The summed E-state index contributed by atoms with van der Waals surface area (Å²) < 4.78 is 6.89. The lowest BCUT2D eigenvalue weighted by Crippen LogP contribution is -2.00. The Kier molecular flexibility index (Phi) is 9.06. The minimum absolute atomic E-state index is 0.564. The van der Waals surface area contributed by atoms with Gasteiger partial charge in [-0.05, 0) is 76.3 Å². The second kappa shape index (κ2) is 15.4. The number of rotatable bonds is 8. The average molecular weight is 782 g/mol. The monoisotopic (exact) mass is 781 g/mol. The van der Waals surface area contributed by atoms with Crippen molar-refractivity contribution in [2.75, 3.05) is 0 Å². The highest BCUT2D eigenvalue weighted by Crippen LogP contribution is 2.43. The number of fused-ring (bicyclic) bond motifs is 3. The predicted octanol–water partition coefficient (Wildman–Crippen LogP) is 13.9. The summed E-state index contributed by atoms with van der Waals surface area (Å²) >= 11 is 0. The molecule has 0 atom stereocenters. The van der Waals surface area contributed by atoms with E-state index in [-0.39, 0.29) is 0 Å². The van der Waals surface area contributed by atoms with Gasteiger partial charge in [0.1, 0.15) is 11.2 Å². The molecule has 0 saturated heterocycles. The first-order chi connectivity index (χ1) is 30.2. The number of aromatic nitrogens is 5. The third-order valence-electron chi connectivity index (χ3n) is 11.1. The fraction of sp³-hybridized carbons (Fsp3) is 0. The lowest BCUT2D eigenvalue weighted by molar-refractivity contribution is 0.670. The minimum Gasteiger partial charge on any atom is -0.455 e. The van der Waals surface area contributed by atoms with Gasteiger partial charge < -0.3 is 4.42 Å². The van der Waals surface area contributed by atoms with E-state index in [0.717, 1.165) is 94.5 Å². The zero-order valence-corrected chi connectivity index (χ0v) is 32.9. The van der Waals surface area contributed by atoms with Crippen molar-refractivity contribution in [2.24, 2.45) is 0 Å². The number of nitrogens with zero attached hydrogens (tertiary/aromatic N) is 5. The van der Waals surface area contributed by atoms with Crippen LogP contribution in [-0.2, 0) is 0 Å². The second-order valence-corrected chi connectivity index (χ2v) is 14.9. The maximum atomic E-state index is 6.89. The molecule has 0 unspecified atom stereocenters. The molecule has 0 aliphatic carbocycles. The van der Waals surface area contributed by atoms with Crippen LogP contribution in [0.15, 0.2) is 217 Å². The molecule has 6 nitrogen and oxygen atoms in total. The zero-order chi connectivity index (χ0) is 40.5. The van der Waals surface area contributed by atoms with Crippen LogP contribution in [0.3, 0.4) is 0 Å². The average Bonchev–Trinajstić information content (AvgIpc) is 3.74. The first kappa shape index (κ1) is 35.8. The summed E-state index contributed by atoms with van der Waals surface area (Å²) in [6.45, 7) is 0. The van der Waals surface area contributed by atoms with Crippen LogP contribution in [-0.4, -0.2) is 24.9 Å². The van der Waals surface area contributed by atoms with E-state index in [1.165, 1.54) is 0 Å². The number of pyridine rings is 2. The topological polar surface area (TPSA) is 77.6 Å². The van der Waals surface area contributed by atoms with E-state index in [0.29, 0.717) is 17.5 Å². The van der Waals surface area contributed by atoms with Gasteiger partial charge in [-0.25, -0.2) is 15.0 Å². The van der Waals surface area contributed by atoms with E-state index < -0.39 is 0 Å². The SMILES string of the molecule is c1ccc(-c2cccc(-c3nc(-c4ccccc4)nc(-c4cccc5oc6c(-c7ccc(-c8ccccn8)cc7)cc(-c7ccc(-c8ccccn8)cc7)cc6c45)n3)c2)cc1. The van der Waals surface area contributed by atoms with Crippen molar-refractivity contribution in [3.05, 3.63) is 213 Å². The summed E-state index contributed by atoms with van der Waals surface area (Å²) in [7, 11) is 0.